The first kappa shape index (κ1) is 22.8. The number of carbonyl (C=O) groups is 1. The number of rotatable bonds is 4. The second-order valence-corrected chi connectivity index (χ2v) is 9.81. The van der Waals surface area contributed by atoms with Gasteiger partial charge in [0, 0.05) is 24.5 Å². The van der Waals surface area contributed by atoms with E-state index in [0.29, 0.717) is 17.5 Å². The predicted octanol–water partition coefficient (Wildman–Crippen LogP) is 3.46. The number of aromatic nitrogens is 3. The summed E-state index contributed by atoms with van der Waals surface area (Å²) in [5.74, 6) is -1.68. The van der Waals surface area contributed by atoms with Crippen LogP contribution in [0, 0.1) is 13.8 Å². The molecule has 2 aliphatic heterocycles. The Bertz CT molecular complexity index is 888. The van der Waals surface area contributed by atoms with E-state index >= 15 is 0 Å². The van der Waals surface area contributed by atoms with Gasteiger partial charge in [0.2, 0.25) is 5.13 Å². The molecular formula is C18H21F3N4O3S2. The van der Waals surface area contributed by atoms with Gasteiger partial charge in [0.15, 0.2) is 0 Å². The van der Waals surface area contributed by atoms with E-state index in [1.54, 1.807) is 11.3 Å². The van der Waals surface area contributed by atoms with E-state index in [0.717, 1.165) is 46.8 Å². The lowest BCUT2D eigenvalue weighted by Crippen LogP contribution is -2.59. The highest BCUT2D eigenvalue weighted by atomic mass is 32.2. The van der Waals surface area contributed by atoms with Crippen LogP contribution in [0.5, 0.6) is 0 Å². The van der Waals surface area contributed by atoms with E-state index in [-0.39, 0.29) is 0 Å². The van der Waals surface area contributed by atoms with E-state index in [1.165, 1.54) is 0 Å². The molecule has 12 heteroatoms. The molecule has 1 spiro atoms. The second kappa shape index (κ2) is 9.06. The number of thioether (sulfide) groups is 1. The second-order valence-electron chi connectivity index (χ2n) is 7.16. The zero-order valence-electron chi connectivity index (χ0n) is 16.3. The van der Waals surface area contributed by atoms with Crippen LogP contribution in [0.15, 0.2) is 18.2 Å². The Morgan fingerprint density at radius 2 is 2.03 bits per heavy atom. The SMILES string of the molecule is Cc1cccc(COC2CSC3(C2)CN(c2nnc(C)s2)C3)n1.O=C(O)C(F)(F)F. The first-order chi connectivity index (χ1) is 14.1. The molecule has 2 aliphatic rings. The van der Waals surface area contributed by atoms with Crippen LogP contribution in [0.4, 0.5) is 18.3 Å². The monoisotopic (exact) mass is 462 g/mol. The molecule has 0 aromatic carbocycles. The summed E-state index contributed by atoms with van der Waals surface area (Å²) >= 11 is 3.73. The Morgan fingerprint density at radius 1 is 1.33 bits per heavy atom. The van der Waals surface area contributed by atoms with Crippen molar-refractivity contribution in [1.82, 2.24) is 15.2 Å². The van der Waals surface area contributed by atoms with Crippen LogP contribution in [0.2, 0.25) is 0 Å². The fourth-order valence-electron chi connectivity index (χ4n) is 3.21. The minimum Gasteiger partial charge on any atom is -0.475 e. The number of halogens is 3. The Hall–Kier alpha value is -1.92. The van der Waals surface area contributed by atoms with E-state index < -0.39 is 12.1 Å². The number of aliphatic carboxylic acids is 1. The third kappa shape index (κ3) is 5.82. The standard InChI is InChI=1S/C16H20N4OS2.C2HF3O2/c1-11-4-3-5-13(17-11)7-21-14-6-16(22-8-14)9-20(10-16)15-19-18-12(2)23-15;3-2(4,5)1(6)7/h3-5,14H,6-10H2,1-2H3;(H,6,7). The molecule has 1 unspecified atom stereocenters. The third-order valence-corrected chi connectivity index (χ3v) is 7.05. The Balaban J connectivity index is 0.000000318. The lowest BCUT2D eigenvalue weighted by molar-refractivity contribution is -0.192. The van der Waals surface area contributed by atoms with Gasteiger partial charge in [0.05, 0.1) is 23.2 Å². The zero-order chi connectivity index (χ0) is 21.9. The molecule has 1 atom stereocenters. The summed E-state index contributed by atoms with van der Waals surface area (Å²) in [6.45, 7) is 6.76. The summed E-state index contributed by atoms with van der Waals surface area (Å²) in [5, 5.41) is 17.6. The quantitative estimate of drug-likeness (QED) is 0.739. The molecule has 0 saturated carbocycles. The molecule has 0 bridgehead atoms. The Morgan fingerprint density at radius 3 is 2.60 bits per heavy atom. The molecule has 0 amide bonds. The molecule has 0 aliphatic carbocycles. The largest absolute Gasteiger partial charge is 0.490 e. The minimum atomic E-state index is -5.08. The van der Waals surface area contributed by atoms with Gasteiger partial charge in [-0.25, -0.2) is 4.79 Å². The van der Waals surface area contributed by atoms with Gasteiger partial charge >= 0.3 is 12.1 Å². The summed E-state index contributed by atoms with van der Waals surface area (Å²) in [6.07, 6.45) is -3.63. The molecule has 4 heterocycles. The van der Waals surface area contributed by atoms with E-state index in [2.05, 4.69) is 31.8 Å². The van der Waals surface area contributed by atoms with Crippen LogP contribution < -0.4 is 4.90 Å². The fraction of sp³-hybridized carbons (Fsp3) is 0.556. The molecule has 0 radical (unpaired) electrons. The van der Waals surface area contributed by atoms with Crippen molar-refractivity contribution in [3.8, 4) is 0 Å². The molecule has 30 heavy (non-hydrogen) atoms. The lowest BCUT2D eigenvalue weighted by atomic mass is 9.93. The fourth-order valence-corrected chi connectivity index (χ4v) is 5.45. The van der Waals surface area contributed by atoms with Gasteiger partial charge in [-0.1, -0.05) is 17.4 Å². The maximum atomic E-state index is 10.6. The highest BCUT2D eigenvalue weighted by molar-refractivity contribution is 8.01. The molecule has 164 valence electrons. The summed E-state index contributed by atoms with van der Waals surface area (Å²) in [5.41, 5.74) is 2.07. The predicted molar refractivity (Wildman–Crippen MR) is 108 cm³/mol. The summed E-state index contributed by atoms with van der Waals surface area (Å²) in [7, 11) is 0. The number of alkyl halides is 3. The van der Waals surface area contributed by atoms with Gasteiger partial charge in [0.25, 0.3) is 0 Å². The number of aryl methyl sites for hydroxylation is 2. The average molecular weight is 463 g/mol. The van der Waals surface area contributed by atoms with Gasteiger partial charge in [-0.05, 0) is 32.4 Å². The van der Waals surface area contributed by atoms with Crippen molar-refractivity contribution in [2.45, 2.75) is 43.9 Å². The smallest absolute Gasteiger partial charge is 0.475 e. The molecule has 2 saturated heterocycles. The van der Waals surface area contributed by atoms with Crippen LogP contribution in [0.3, 0.4) is 0 Å². The number of anilines is 1. The molecular weight excluding hydrogens is 441 g/mol. The molecule has 2 fully saturated rings. The van der Waals surface area contributed by atoms with Crippen molar-refractivity contribution in [3.05, 3.63) is 34.6 Å². The molecule has 4 rings (SSSR count). The van der Waals surface area contributed by atoms with Crippen LogP contribution in [0.25, 0.3) is 0 Å². The molecule has 2 aromatic heterocycles. The third-order valence-electron chi connectivity index (χ3n) is 4.57. The van der Waals surface area contributed by atoms with E-state index in [1.807, 2.05) is 32.0 Å². The van der Waals surface area contributed by atoms with Crippen molar-refractivity contribution in [2.75, 3.05) is 23.7 Å². The van der Waals surface area contributed by atoms with Crippen LogP contribution >= 0.6 is 23.1 Å². The number of pyridine rings is 1. The highest BCUT2D eigenvalue weighted by Crippen LogP contribution is 2.47. The van der Waals surface area contributed by atoms with E-state index in [4.69, 9.17) is 14.6 Å². The maximum Gasteiger partial charge on any atom is 0.490 e. The molecule has 2 aromatic rings. The number of carboxylic acids is 1. The first-order valence-corrected chi connectivity index (χ1v) is 10.9. The Labute approximate surface area is 179 Å². The number of hydrogen-bond donors (Lipinski definition) is 1. The Kier molecular flexibility index (Phi) is 6.88. The lowest BCUT2D eigenvalue weighted by Gasteiger charge is -2.47. The number of hydrogen-bond acceptors (Lipinski definition) is 8. The first-order valence-electron chi connectivity index (χ1n) is 9.10. The number of ether oxygens (including phenoxy) is 1. The minimum absolute atomic E-state index is 0.334. The topological polar surface area (TPSA) is 88.4 Å². The van der Waals surface area contributed by atoms with Gasteiger partial charge in [-0.15, -0.1) is 22.0 Å². The summed E-state index contributed by atoms with van der Waals surface area (Å²) < 4.78 is 38.2. The van der Waals surface area contributed by atoms with Crippen LogP contribution in [0.1, 0.15) is 22.8 Å². The maximum absolute atomic E-state index is 10.6. The van der Waals surface area contributed by atoms with Crippen LogP contribution in [-0.4, -0.2) is 62.1 Å². The molecule has 1 N–H and O–H groups in total. The van der Waals surface area contributed by atoms with Gasteiger partial charge in [-0.3, -0.25) is 4.98 Å². The van der Waals surface area contributed by atoms with Crippen LogP contribution in [-0.2, 0) is 16.1 Å². The van der Waals surface area contributed by atoms with Gasteiger partial charge in [0.1, 0.15) is 5.01 Å². The molecule has 7 nitrogen and oxygen atoms in total. The summed E-state index contributed by atoms with van der Waals surface area (Å²) in [6, 6.07) is 6.09. The van der Waals surface area contributed by atoms with Crippen molar-refractivity contribution in [2.24, 2.45) is 0 Å². The van der Waals surface area contributed by atoms with Crippen molar-refractivity contribution < 1.29 is 27.8 Å². The van der Waals surface area contributed by atoms with Gasteiger partial charge in [-0.2, -0.15) is 13.2 Å². The van der Waals surface area contributed by atoms with Crippen molar-refractivity contribution in [3.63, 3.8) is 0 Å². The van der Waals surface area contributed by atoms with Crippen molar-refractivity contribution >= 4 is 34.2 Å². The normalized spacial score (nSPS) is 19.9. The number of carboxylic acid groups (broad SMARTS) is 1. The van der Waals surface area contributed by atoms with Crippen molar-refractivity contribution in [1.29, 1.82) is 0 Å². The average Bonchev–Trinajstić information content (AvgIpc) is 3.25. The van der Waals surface area contributed by atoms with Gasteiger partial charge < -0.3 is 14.7 Å². The summed E-state index contributed by atoms with van der Waals surface area (Å²) in [4.78, 5) is 15.7. The highest BCUT2D eigenvalue weighted by Gasteiger charge is 2.50. The zero-order valence-corrected chi connectivity index (χ0v) is 18.0. The number of nitrogens with zero attached hydrogens (tertiary/aromatic N) is 4. The van der Waals surface area contributed by atoms with E-state index in [9.17, 15) is 13.2 Å².